The molecule has 0 saturated heterocycles. The van der Waals surface area contributed by atoms with Crippen LogP contribution in [0.2, 0.25) is 0 Å². The van der Waals surface area contributed by atoms with Crippen LogP contribution in [0.3, 0.4) is 0 Å². The second kappa shape index (κ2) is 6.63. The smallest absolute Gasteiger partial charge is 0.340 e. The number of hydrogen-bond acceptors (Lipinski definition) is 4. The lowest BCUT2D eigenvalue weighted by Crippen LogP contribution is -2.42. The van der Waals surface area contributed by atoms with Crippen molar-refractivity contribution in [2.45, 2.75) is 25.9 Å². The summed E-state index contributed by atoms with van der Waals surface area (Å²) in [5, 5.41) is 3.26. The maximum Gasteiger partial charge on any atom is 0.340 e. The highest BCUT2D eigenvalue weighted by Gasteiger charge is 2.17. The van der Waals surface area contributed by atoms with E-state index in [0.717, 1.165) is 5.56 Å². The lowest BCUT2D eigenvalue weighted by atomic mass is 10.1. The van der Waals surface area contributed by atoms with Gasteiger partial charge in [-0.2, -0.15) is 0 Å². The van der Waals surface area contributed by atoms with Crippen LogP contribution in [0.1, 0.15) is 29.8 Å². The predicted molar refractivity (Wildman–Crippen MR) is 70.5 cm³/mol. The average Bonchev–Trinajstić information content (AvgIpc) is 2.36. The summed E-state index contributed by atoms with van der Waals surface area (Å²) in [6.45, 7) is 5.04. The lowest BCUT2D eigenvalue weighted by Gasteiger charge is -2.25. The van der Waals surface area contributed by atoms with Crippen molar-refractivity contribution in [3.05, 3.63) is 35.1 Å². The van der Waals surface area contributed by atoms with Crippen molar-refractivity contribution in [2.75, 3.05) is 20.8 Å². The minimum atomic E-state index is -0.670. The predicted octanol–water partition coefficient (Wildman–Crippen LogP) is 2.13. The molecule has 19 heavy (non-hydrogen) atoms. The van der Waals surface area contributed by atoms with Crippen molar-refractivity contribution in [3.8, 4) is 0 Å². The number of esters is 1. The number of halogens is 1. The van der Waals surface area contributed by atoms with Gasteiger partial charge in [0.2, 0.25) is 0 Å². The van der Waals surface area contributed by atoms with Gasteiger partial charge in [0.05, 0.1) is 19.3 Å². The van der Waals surface area contributed by atoms with Crippen molar-refractivity contribution in [2.24, 2.45) is 0 Å². The molecule has 0 heterocycles. The first-order chi connectivity index (χ1) is 8.89. The Kier molecular flexibility index (Phi) is 5.44. The zero-order chi connectivity index (χ0) is 14.5. The second-order valence-corrected chi connectivity index (χ2v) is 4.98. The van der Waals surface area contributed by atoms with E-state index in [0.29, 0.717) is 13.2 Å². The fourth-order valence-corrected chi connectivity index (χ4v) is 1.70. The fourth-order valence-electron chi connectivity index (χ4n) is 1.70. The minimum Gasteiger partial charge on any atom is -0.465 e. The molecular weight excluding hydrogens is 249 g/mol. The molecule has 0 unspecified atom stereocenters. The standard InChI is InChI=1S/C14H20FNO3/c1-14(2,9-18-3)16-8-10-5-6-11(12(15)7-10)13(17)19-4/h5-7,16H,8-9H2,1-4H3. The van der Waals surface area contributed by atoms with Crippen molar-refractivity contribution < 1.29 is 18.7 Å². The van der Waals surface area contributed by atoms with Crippen LogP contribution in [0.25, 0.3) is 0 Å². The first kappa shape index (κ1) is 15.6. The van der Waals surface area contributed by atoms with Crippen LogP contribution >= 0.6 is 0 Å². The summed E-state index contributed by atoms with van der Waals surface area (Å²) in [5.41, 5.74) is 0.503. The SMILES string of the molecule is COCC(C)(C)NCc1ccc(C(=O)OC)c(F)c1. The van der Waals surface area contributed by atoms with Crippen molar-refractivity contribution in [3.63, 3.8) is 0 Å². The van der Waals surface area contributed by atoms with Gasteiger partial charge in [-0.05, 0) is 31.5 Å². The Morgan fingerprint density at radius 1 is 1.37 bits per heavy atom. The maximum absolute atomic E-state index is 13.7. The van der Waals surface area contributed by atoms with E-state index in [1.807, 2.05) is 13.8 Å². The number of nitrogens with one attached hydrogen (secondary N) is 1. The number of carbonyl (C=O) groups excluding carboxylic acids is 1. The van der Waals surface area contributed by atoms with Crippen LogP contribution in [0.5, 0.6) is 0 Å². The third kappa shape index (κ3) is 4.61. The Bertz CT molecular complexity index is 446. The Labute approximate surface area is 112 Å². The van der Waals surface area contributed by atoms with Gasteiger partial charge in [0.15, 0.2) is 0 Å². The van der Waals surface area contributed by atoms with E-state index in [2.05, 4.69) is 10.1 Å². The molecule has 0 bridgehead atoms. The van der Waals surface area contributed by atoms with E-state index < -0.39 is 11.8 Å². The Morgan fingerprint density at radius 2 is 2.05 bits per heavy atom. The molecular formula is C14H20FNO3. The van der Waals surface area contributed by atoms with Crippen LogP contribution in [-0.4, -0.2) is 32.3 Å². The topological polar surface area (TPSA) is 47.6 Å². The van der Waals surface area contributed by atoms with Crippen LogP contribution in [-0.2, 0) is 16.0 Å². The molecule has 0 aliphatic carbocycles. The molecule has 0 atom stereocenters. The van der Waals surface area contributed by atoms with Gasteiger partial charge in [0.1, 0.15) is 5.82 Å². The van der Waals surface area contributed by atoms with E-state index >= 15 is 0 Å². The van der Waals surface area contributed by atoms with Gasteiger partial charge < -0.3 is 14.8 Å². The minimum absolute atomic E-state index is 0.0533. The number of rotatable bonds is 6. The molecule has 0 saturated carbocycles. The third-order valence-electron chi connectivity index (χ3n) is 2.72. The summed E-state index contributed by atoms with van der Waals surface area (Å²) in [6, 6.07) is 4.47. The van der Waals surface area contributed by atoms with Gasteiger partial charge in [0.25, 0.3) is 0 Å². The normalized spacial score (nSPS) is 11.4. The van der Waals surface area contributed by atoms with Crippen LogP contribution in [0.4, 0.5) is 4.39 Å². The quantitative estimate of drug-likeness (QED) is 0.804. The van der Waals surface area contributed by atoms with E-state index in [1.165, 1.54) is 19.2 Å². The van der Waals surface area contributed by atoms with E-state index in [-0.39, 0.29) is 11.1 Å². The molecule has 0 fully saturated rings. The Balaban J connectivity index is 2.71. The molecule has 1 rings (SSSR count). The molecule has 0 aromatic heterocycles. The fraction of sp³-hybridized carbons (Fsp3) is 0.500. The van der Waals surface area contributed by atoms with Gasteiger partial charge in [-0.3, -0.25) is 0 Å². The first-order valence-corrected chi connectivity index (χ1v) is 6.00. The van der Waals surface area contributed by atoms with Gasteiger partial charge >= 0.3 is 5.97 Å². The molecule has 106 valence electrons. The average molecular weight is 269 g/mol. The van der Waals surface area contributed by atoms with Gasteiger partial charge in [-0.1, -0.05) is 6.07 Å². The number of carbonyl (C=O) groups is 1. The highest BCUT2D eigenvalue weighted by molar-refractivity contribution is 5.89. The largest absolute Gasteiger partial charge is 0.465 e. The van der Waals surface area contributed by atoms with Gasteiger partial charge in [0, 0.05) is 19.2 Å². The maximum atomic E-state index is 13.7. The Morgan fingerprint density at radius 3 is 2.58 bits per heavy atom. The summed E-state index contributed by atoms with van der Waals surface area (Å²) in [4.78, 5) is 11.3. The molecule has 0 aliphatic rings. The molecule has 0 radical (unpaired) electrons. The monoisotopic (exact) mass is 269 g/mol. The summed E-state index contributed by atoms with van der Waals surface area (Å²) in [6.07, 6.45) is 0. The number of hydrogen-bond donors (Lipinski definition) is 1. The molecule has 1 aromatic carbocycles. The van der Waals surface area contributed by atoms with Crippen LogP contribution < -0.4 is 5.32 Å². The highest BCUT2D eigenvalue weighted by atomic mass is 19.1. The summed E-state index contributed by atoms with van der Waals surface area (Å²) in [7, 11) is 2.86. The number of ether oxygens (including phenoxy) is 2. The molecule has 5 heteroatoms. The molecule has 0 aliphatic heterocycles. The van der Waals surface area contributed by atoms with E-state index in [1.54, 1.807) is 13.2 Å². The molecule has 0 spiro atoms. The van der Waals surface area contributed by atoms with Gasteiger partial charge in [-0.15, -0.1) is 0 Å². The molecule has 4 nitrogen and oxygen atoms in total. The summed E-state index contributed by atoms with van der Waals surface area (Å²) in [5.74, 6) is -1.24. The van der Waals surface area contributed by atoms with Crippen LogP contribution in [0, 0.1) is 5.82 Å². The Hall–Kier alpha value is -1.46. The number of methoxy groups -OCH3 is 2. The third-order valence-corrected chi connectivity index (χ3v) is 2.72. The lowest BCUT2D eigenvalue weighted by molar-refractivity contribution is 0.0595. The molecule has 1 aromatic rings. The van der Waals surface area contributed by atoms with Crippen molar-refractivity contribution in [1.82, 2.24) is 5.32 Å². The summed E-state index contributed by atoms with van der Waals surface area (Å²) < 4.78 is 23.3. The zero-order valence-electron chi connectivity index (χ0n) is 11.7. The first-order valence-electron chi connectivity index (χ1n) is 6.00. The van der Waals surface area contributed by atoms with Gasteiger partial charge in [-0.25, -0.2) is 9.18 Å². The number of benzene rings is 1. The van der Waals surface area contributed by atoms with Crippen LogP contribution in [0.15, 0.2) is 18.2 Å². The summed E-state index contributed by atoms with van der Waals surface area (Å²) >= 11 is 0. The second-order valence-electron chi connectivity index (χ2n) is 4.98. The van der Waals surface area contributed by atoms with Crippen molar-refractivity contribution in [1.29, 1.82) is 0 Å². The molecule has 1 N–H and O–H groups in total. The zero-order valence-corrected chi connectivity index (χ0v) is 11.7. The van der Waals surface area contributed by atoms with Crippen molar-refractivity contribution >= 4 is 5.97 Å². The van der Waals surface area contributed by atoms with E-state index in [4.69, 9.17) is 4.74 Å². The highest BCUT2D eigenvalue weighted by Crippen LogP contribution is 2.13. The van der Waals surface area contributed by atoms with E-state index in [9.17, 15) is 9.18 Å². The molecule has 0 amide bonds.